The number of alkyl halides is 2. The lowest BCUT2D eigenvalue weighted by Gasteiger charge is -2.18. The van der Waals surface area contributed by atoms with Gasteiger partial charge in [-0.05, 0) is 25.0 Å². The standard InChI is InChI=1S/C17H17F4N3O3/c18-12-5-11(6-13(19)7-12)17(20,21)9-22-16(25)23-15-8-14(27-24-15)10-1-3-26-4-2-10/h5-8,10H,1-4,9H2,(H2,22,23,24,25). The molecule has 1 fully saturated rings. The molecule has 0 aliphatic carbocycles. The number of rotatable bonds is 5. The van der Waals surface area contributed by atoms with Gasteiger partial charge >= 0.3 is 6.03 Å². The number of hydrogen-bond acceptors (Lipinski definition) is 4. The molecule has 1 aromatic heterocycles. The SMILES string of the molecule is O=C(NCC(F)(F)c1cc(F)cc(F)c1)Nc1cc(C2CCOCC2)on1. The Hall–Kier alpha value is -2.62. The third kappa shape index (κ3) is 4.97. The van der Waals surface area contributed by atoms with E-state index in [9.17, 15) is 22.4 Å². The van der Waals surface area contributed by atoms with Crippen LogP contribution in [0.4, 0.5) is 28.2 Å². The molecule has 2 amide bonds. The van der Waals surface area contributed by atoms with Crippen LogP contribution in [0.25, 0.3) is 0 Å². The number of nitrogens with zero attached hydrogens (tertiary/aromatic N) is 1. The number of carbonyl (C=O) groups excluding carboxylic acids is 1. The van der Waals surface area contributed by atoms with E-state index >= 15 is 0 Å². The maximum Gasteiger partial charge on any atom is 0.320 e. The van der Waals surface area contributed by atoms with E-state index in [1.807, 2.05) is 5.32 Å². The molecular formula is C17H17F4N3O3. The van der Waals surface area contributed by atoms with Crippen LogP contribution in [0.3, 0.4) is 0 Å². The molecule has 10 heteroatoms. The molecule has 0 saturated carbocycles. The number of hydrogen-bond donors (Lipinski definition) is 2. The van der Waals surface area contributed by atoms with E-state index in [1.54, 1.807) is 0 Å². The largest absolute Gasteiger partial charge is 0.381 e. The highest BCUT2D eigenvalue weighted by Crippen LogP contribution is 2.29. The zero-order valence-corrected chi connectivity index (χ0v) is 14.1. The molecule has 3 rings (SSSR count). The lowest BCUT2D eigenvalue weighted by molar-refractivity contribution is -0.000687. The Morgan fingerprint density at radius 1 is 1.15 bits per heavy atom. The topological polar surface area (TPSA) is 76.4 Å². The van der Waals surface area contributed by atoms with Crippen LogP contribution in [0.2, 0.25) is 0 Å². The number of nitrogens with one attached hydrogen (secondary N) is 2. The summed E-state index contributed by atoms with van der Waals surface area (Å²) in [5.74, 6) is -5.13. The van der Waals surface area contributed by atoms with Gasteiger partial charge in [-0.1, -0.05) is 5.16 Å². The first kappa shape index (κ1) is 19.2. The van der Waals surface area contributed by atoms with Gasteiger partial charge in [0.05, 0.1) is 6.54 Å². The van der Waals surface area contributed by atoms with E-state index < -0.39 is 35.7 Å². The summed E-state index contributed by atoms with van der Waals surface area (Å²) in [6.07, 6.45) is 1.52. The second-order valence-corrected chi connectivity index (χ2v) is 6.17. The Bertz CT molecular complexity index is 786. The van der Waals surface area contributed by atoms with Crippen LogP contribution in [0.1, 0.15) is 30.1 Å². The summed E-state index contributed by atoms with van der Waals surface area (Å²) in [5, 5.41) is 7.91. The maximum absolute atomic E-state index is 14.0. The van der Waals surface area contributed by atoms with Gasteiger partial charge in [0.15, 0.2) is 5.82 Å². The zero-order valence-electron chi connectivity index (χ0n) is 14.1. The van der Waals surface area contributed by atoms with Crippen LogP contribution < -0.4 is 10.6 Å². The number of carbonyl (C=O) groups is 1. The molecule has 2 heterocycles. The van der Waals surface area contributed by atoms with Gasteiger partial charge in [0.25, 0.3) is 5.92 Å². The minimum absolute atomic E-state index is 0.0779. The Balaban J connectivity index is 1.55. The molecule has 2 aromatic rings. The van der Waals surface area contributed by atoms with Crippen molar-refractivity contribution in [1.29, 1.82) is 0 Å². The van der Waals surface area contributed by atoms with E-state index in [4.69, 9.17) is 9.26 Å². The van der Waals surface area contributed by atoms with Crippen LogP contribution in [0.15, 0.2) is 28.8 Å². The molecule has 1 saturated heterocycles. The molecule has 27 heavy (non-hydrogen) atoms. The minimum Gasteiger partial charge on any atom is -0.381 e. The number of amides is 2. The average Bonchev–Trinajstić information content (AvgIpc) is 3.08. The van der Waals surface area contributed by atoms with Gasteiger partial charge in [-0.15, -0.1) is 0 Å². The second kappa shape index (κ2) is 7.95. The summed E-state index contributed by atoms with van der Waals surface area (Å²) >= 11 is 0. The minimum atomic E-state index is -3.66. The van der Waals surface area contributed by atoms with E-state index in [0.717, 1.165) is 12.8 Å². The van der Waals surface area contributed by atoms with Gasteiger partial charge < -0.3 is 14.6 Å². The molecule has 0 unspecified atom stereocenters. The zero-order chi connectivity index (χ0) is 19.4. The first-order valence-corrected chi connectivity index (χ1v) is 8.27. The van der Waals surface area contributed by atoms with Crippen LogP contribution in [0.5, 0.6) is 0 Å². The third-order valence-electron chi connectivity index (χ3n) is 4.15. The van der Waals surface area contributed by atoms with Crippen molar-refractivity contribution in [3.63, 3.8) is 0 Å². The Morgan fingerprint density at radius 3 is 2.48 bits per heavy atom. The number of anilines is 1. The molecule has 0 atom stereocenters. The molecule has 0 radical (unpaired) electrons. The van der Waals surface area contributed by atoms with Crippen LogP contribution >= 0.6 is 0 Å². The number of benzene rings is 1. The van der Waals surface area contributed by atoms with Crippen molar-refractivity contribution in [2.24, 2.45) is 0 Å². The normalized spacial score (nSPS) is 15.6. The molecule has 6 nitrogen and oxygen atoms in total. The quantitative estimate of drug-likeness (QED) is 0.766. The lowest BCUT2D eigenvalue weighted by Crippen LogP contribution is -2.37. The summed E-state index contributed by atoms with van der Waals surface area (Å²) in [6, 6.07) is 2.09. The highest BCUT2D eigenvalue weighted by atomic mass is 19.3. The van der Waals surface area contributed by atoms with E-state index in [1.165, 1.54) is 6.07 Å². The second-order valence-electron chi connectivity index (χ2n) is 6.17. The van der Waals surface area contributed by atoms with Gasteiger partial charge in [0.1, 0.15) is 17.4 Å². The van der Waals surface area contributed by atoms with E-state index in [-0.39, 0.29) is 11.7 Å². The number of ether oxygens (including phenoxy) is 1. The van der Waals surface area contributed by atoms with Crippen molar-refractivity contribution < 1.29 is 31.6 Å². The Labute approximate surface area is 151 Å². The summed E-state index contributed by atoms with van der Waals surface area (Å²) < 4.78 is 64.7. The molecule has 1 aliphatic rings. The first-order chi connectivity index (χ1) is 12.8. The molecule has 1 aliphatic heterocycles. The average molecular weight is 387 g/mol. The fraction of sp³-hybridized carbons (Fsp3) is 0.412. The van der Waals surface area contributed by atoms with Gasteiger partial charge in [-0.2, -0.15) is 8.78 Å². The molecule has 1 aromatic carbocycles. The fourth-order valence-electron chi connectivity index (χ4n) is 2.74. The summed E-state index contributed by atoms with van der Waals surface area (Å²) in [6.45, 7) is 0.0567. The van der Waals surface area contributed by atoms with Gasteiger partial charge in [0.2, 0.25) is 0 Å². The van der Waals surface area contributed by atoms with Crippen LogP contribution in [-0.4, -0.2) is 30.9 Å². The first-order valence-electron chi connectivity index (χ1n) is 8.27. The summed E-state index contributed by atoms with van der Waals surface area (Å²) in [4.78, 5) is 11.8. The molecular weight excluding hydrogens is 370 g/mol. The number of halogens is 4. The highest BCUT2D eigenvalue weighted by Gasteiger charge is 2.33. The molecule has 146 valence electrons. The van der Waals surface area contributed by atoms with Gasteiger partial charge in [-0.3, -0.25) is 5.32 Å². The Kier molecular flexibility index (Phi) is 5.64. The van der Waals surface area contributed by atoms with Crippen molar-refractivity contribution in [2.75, 3.05) is 25.1 Å². The number of urea groups is 1. The van der Waals surface area contributed by atoms with Crippen molar-refractivity contribution in [1.82, 2.24) is 10.5 Å². The van der Waals surface area contributed by atoms with Crippen molar-refractivity contribution in [3.05, 3.63) is 47.2 Å². The maximum atomic E-state index is 14.0. The smallest absolute Gasteiger partial charge is 0.320 e. The molecule has 2 N–H and O–H groups in total. The monoisotopic (exact) mass is 387 g/mol. The van der Waals surface area contributed by atoms with E-state index in [2.05, 4.69) is 10.5 Å². The van der Waals surface area contributed by atoms with Gasteiger partial charge in [0, 0.05) is 36.8 Å². The van der Waals surface area contributed by atoms with Gasteiger partial charge in [-0.25, -0.2) is 13.6 Å². The molecule has 0 spiro atoms. The Morgan fingerprint density at radius 2 is 1.81 bits per heavy atom. The summed E-state index contributed by atoms with van der Waals surface area (Å²) in [5.41, 5.74) is -0.872. The summed E-state index contributed by atoms with van der Waals surface area (Å²) in [7, 11) is 0. The third-order valence-corrected chi connectivity index (χ3v) is 4.15. The fourth-order valence-corrected chi connectivity index (χ4v) is 2.74. The molecule has 0 bridgehead atoms. The predicted molar refractivity (Wildman–Crippen MR) is 86.6 cm³/mol. The van der Waals surface area contributed by atoms with Crippen molar-refractivity contribution in [3.8, 4) is 0 Å². The van der Waals surface area contributed by atoms with Crippen molar-refractivity contribution in [2.45, 2.75) is 24.7 Å². The van der Waals surface area contributed by atoms with Crippen molar-refractivity contribution >= 4 is 11.8 Å². The predicted octanol–water partition coefficient (Wildman–Crippen LogP) is 3.76. The van der Waals surface area contributed by atoms with Crippen LogP contribution in [0, 0.1) is 11.6 Å². The van der Waals surface area contributed by atoms with Crippen LogP contribution in [-0.2, 0) is 10.7 Å². The highest BCUT2D eigenvalue weighted by molar-refractivity contribution is 5.88. The number of aromatic nitrogens is 1. The van der Waals surface area contributed by atoms with E-state index in [0.29, 0.717) is 37.2 Å². The lowest BCUT2D eigenvalue weighted by atomic mass is 9.98.